The summed E-state index contributed by atoms with van der Waals surface area (Å²) >= 11 is 0. The van der Waals surface area contributed by atoms with Gasteiger partial charge in [-0.2, -0.15) is 0 Å². The van der Waals surface area contributed by atoms with E-state index in [2.05, 4.69) is 19.2 Å². The fourth-order valence-corrected chi connectivity index (χ4v) is 2.27. The zero-order valence-electron chi connectivity index (χ0n) is 15.4. The zero-order chi connectivity index (χ0) is 18.9. The highest BCUT2D eigenvalue weighted by Gasteiger charge is 2.13. The highest BCUT2D eigenvalue weighted by atomic mass is 16.5. The molecular weight excluding hydrogens is 330 g/mol. The maximum atomic E-state index is 12.0. The molecule has 2 aromatic rings. The van der Waals surface area contributed by atoms with Crippen LogP contribution in [0.25, 0.3) is 0 Å². The molecule has 5 heteroatoms. The minimum atomic E-state index is -0.539. The van der Waals surface area contributed by atoms with Crippen molar-refractivity contribution in [3.05, 3.63) is 65.7 Å². The molecule has 0 aliphatic heterocycles. The van der Waals surface area contributed by atoms with Crippen LogP contribution in [0, 0.1) is 5.92 Å². The van der Waals surface area contributed by atoms with Gasteiger partial charge in [-0.3, -0.25) is 4.79 Å². The number of hydrogen-bond acceptors (Lipinski definition) is 4. The van der Waals surface area contributed by atoms with E-state index >= 15 is 0 Å². The van der Waals surface area contributed by atoms with Crippen molar-refractivity contribution in [2.75, 3.05) is 13.2 Å². The second-order valence-electron chi connectivity index (χ2n) is 6.51. The molecule has 2 rings (SSSR count). The third-order valence-electron chi connectivity index (χ3n) is 3.68. The molecule has 0 aromatic heterocycles. The summed E-state index contributed by atoms with van der Waals surface area (Å²) in [6.07, 6.45) is 0. The molecule has 0 fully saturated rings. The lowest BCUT2D eigenvalue weighted by molar-refractivity contribution is -0.124. The quantitative estimate of drug-likeness (QED) is 0.733. The van der Waals surface area contributed by atoms with E-state index in [1.54, 1.807) is 24.3 Å². The number of nitrogens with one attached hydrogen (secondary N) is 1. The van der Waals surface area contributed by atoms with Gasteiger partial charge in [0, 0.05) is 0 Å². The first-order valence-corrected chi connectivity index (χ1v) is 8.70. The van der Waals surface area contributed by atoms with Gasteiger partial charge in [-0.25, -0.2) is 4.79 Å². The van der Waals surface area contributed by atoms with Crippen LogP contribution in [-0.2, 0) is 9.53 Å². The minimum absolute atomic E-state index is 0.153. The van der Waals surface area contributed by atoms with Crippen molar-refractivity contribution < 1.29 is 19.1 Å². The molecule has 0 saturated heterocycles. The van der Waals surface area contributed by atoms with Gasteiger partial charge < -0.3 is 14.8 Å². The van der Waals surface area contributed by atoms with Crippen molar-refractivity contribution in [1.29, 1.82) is 0 Å². The topological polar surface area (TPSA) is 64.6 Å². The molecule has 0 bridgehead atoms. The molecule has 0 aliphatic carbocycles. The summed E-state index contributed by atoms with van der Waals surface area (Å²) in [5, 5.41) is 2.80. The van der Waals surface area contributed by atoms with Crippen molar-refractivity contribution >= 4 is 11.9 Å². The molecule has 5 nitrogen and oxygen atoms in total. The summed E-state index contributed by atoms with van der Waals surface area (Å²) in [5.41, 5.74) is 1.37. The number of amides is 1. The predicted octanol–water partition coefficient (Wildman–Crippen LogP) is 3.76. The fourth-order valence-electron chi connectivity index (χ4n) is 2.27. The SMILES string of the molecule is CC(C)COc1ccc(C(=O)OCC(=O)N[C@@H](C)c2ccccc2)cc1. The lowest BCUT2D eigenvalue weighted by Gasteiger charge is -2.14. The van der Waals surface area contributed by atoms with Gasteiger partial charge in [-0.05, 0) is 42.7 Å². The predicted molar refractivity (Wildman–Crippen MR) is 100 cm³/mol. The number of esters is 1. The Morgan fingerprint density at radius 1 is 0.962 bits per heavy atom. The first-order valence-electron chi connectivity index (χ1n) is 8.70. The Kier molecular flexibility index (Phi) is 7.21. The van der Waals surface area contributed by atoms with E-state index < -0.39 is 5.97 Å². The average molecular weight is 355 g/mol. The average Bonchev–Trinajstić information content (AvgIpc) is 2.65. The van der Waals surface area contributed by atoms with Crippen molar-refractivity contribution in [2.24, 2.45) is 5.92 Å². The molecule has 0 spiro atoms. The monoisotopic (exact) mass is 355 g/mol. The summed E-state index contributed by atoms with van der Waals surface area (Å²) in [6, 6.07) is 16.1. The van der Waals surface area contributed by atoms with Crippen molar-refractivity contribution in [3.63, 3.8) is 0 Å². The van der Waals surface area contributed by atoms with Crippen LogP contribution >= 0.6 is 0 Å². The van der Waals surface area contributed by atoms with Gasteiger partial charge in [-0.15, -0.1) is 0 Å². The highest BCUT2D eigenvalue weighted by molar-refractivity contribution is 5.91. The number of ether oxygens (including phenoxy) is 2. The van der Waals surface area contributed by atoms with Gasteiger partial charge in [0.25, 0.3) is 5.91 Å². The maximum Gasteiger partial charge on any atom is 0.338 e. The third-order valence-corrected chi connectivity index (χ3v) is 3.68. The Morgan fingerprint density at radius 3 is 2.23 bits per heavy atom. The van der Waals surface area contributed by atoms with Gasteiger partial charge in [0.1, 0.15) is 5.75 Å². The van der Waals surface area contributed by atoms with E-state index in [0.29, 0.717) is 23.8 Å². The molecule has 1 amide bonds. The molecular formula is C21H25NO4. The fraction of sp³-hybridized carbons (Fsp3) is 0.333. The van der Waals surface area contributed by atoms with E-state index in [4.69, 9.17) is 9.47 Å². The van der Waals surface area contributed by atoms with Crippen LogP contribution < -0.4 is 10.1 Å². The summed E-state index contributed by atoms with van der Waals surface area (Å²) in [6.45, 7) is 6.31. The van der Waals surface area contributed by atoms with Gasteiger partial charge in [0.05, 0.1) is 18.2 Å². The van der Waals surface area contributed by atoms with Gasteiger partial charge in [0.15, 0.2) is 6.61 Å². The van der Waals surface area contributed by atoms with E-state index in [1.165, 1.54) is 0 Å². The molecule has 26 heavy (non-hydrogen) atoms. The van der Waals surface area contributed by atoms with Crippen LogP contribution in [0.2, 0.25) is 0 Å². The third kappa shape index (κ3) is 6.24. The Bertz CT molecular complexity index is 711. The summed E-state index contributed by atoms with van der Waals surface area (Å²) in [7, 11) is 0. The lowest BCUT2D eigenvalue weighted by atomic mass is 10.1. The molecule has 0 aliphatic rings. The maximum absolute atomic E-state index is 12.0. The van der Waals surface area contributed by atoms with Crippen LogP contribution in [0.15, 0.2) is 54.6 Å². The molecule has 138 valence electrons. The van der Waals surface area contributed by atoms with Crippen molar-refractivity contribution in [1.82, 2.24) is 5.32 Å². The van der Waals surface area contributed by atoms with Crippen molar-refractivity contribution in [3.8, 4) is 5.75 Å². The summed E-state index contributed by atoms with van der Waals surface area (Å²) in [4.78, 5) is 24.0. The van der Waals surface area contributed by atoms with Crippen LogP contribution in [0.5, 0.6) is 5.75 Å². The Hall–Kier alpha value is -2.82. The number of rotatable bonds is 8. The standard InChI is InChI=1S/C21H25NO4/c1-15(2)13-25-19-11-9-18(10-12-19)21(24)26-14-20(23)22-16(3)17-7-5-4-6-8-17/h4-12,15-16H,13-14H2,1-3H3,(H,22,23)/t16-/m0/s1. The molecule has 0 saturated carbocycles. The van der Waals surface area contributed by atoms with E-state index in [9.17, 15) is 9.59 Å². The van der Waals surface area contributed by atoms with E-state index in [1.807, 2.05) is 37.3 Å². The highest BCUT2D eigenvalue weighted by Crippen LogP contribution is 2.14. The summed E-state index contributed by atoms with van der Waals surface area (Å²) in [5.74, 6) is 0.246. The summed E-state index contributed by atoms with van der Waals surface area (Å²) < 4.78 is 10.6. The lowest BCUT2D eigenvalue weighted by Crippen LogP contribution is -2.31. The van der Waals surface area contributed by atoms with E-state index in [-0.39, 0.29) is 18.6 Å². The second kappa shape index (κ2) is 9.61. The van der Waals surface area contributed by atoms with Crippen LogP contribution in [0.4, 0.5) is 0 Å². The smallest absolute Gasteiger partial charge is 0.338 e. The number of benzene rings is 2. The Morgan fingerprint density at radius 2 is 1.62 bits per heavy atom. The number of carbonyl (C=O) groups is 2. The van der Waals surface area contributed by atoms with Gasteiger partial charge >= 0.3 is 5.97 Å². The first-order chi connectivity index (χ1) is 12.5. The number of carbonyl (C=O) groups excluding carboxylic acids is 2. The van der Waals surface area contributed by atoms with Crippen molar-refractivity contribution in [2.45, 2.75) is 26.8 Å². The van der Waals surface area contributed by atoms with E-state index in [0.717, 1.165) is 5.56 Å². The van der Waals surface area contributed by atoms with Crippen LogP contribution in [-0.4, -0.2) is 25.1 Å². The normalized spacial score (nSPS) is 11.7. The molecule has 0 unspecified atom stereocenters. The minimum Gasteiger partial charge on any atom is -0.493 e. The Labute approximate surface area is 154 Å². The van der Waals surface area contributed by atoms with Crippen LogP contribution in [0.1, 0.15) is 42.7 Å². The van der Waals surface area contributed by atoms with Crippen LogP contribution in [0.3, 0.4) is 0 Å². The Balaban J connectivity index is 1.79. The van der Waals surface area contributed by atoms with Gasteiger partial charge in [0.2, 0.25) is 0 Å². The van der Waals surface area contributed by atoms with Gasteiger partial charge in [-0.1, -0.05) is 44.2 Å². The molecule has 1 atom stereocenters. The largest absolute Gasteiger partial charge is 0.493 e. The molecule has 2 aromatic carbocycles. The molecule has 0 heterocycles. The zero-order valence-corrected chi connectivity index (χ0v) is 15.4. The number of hydrogen-bond donors (Lipinski definition) is 1. The molecule has 1 N–H and O–H groups in total. The second-order valence-corrected chi connectivity index (χ2v) is 6.51. The first kappa shape index (κ1) is 19.5. The molecule has 0 radical (unpaired) electrons.